The minimum atomic E-state index is 0.174. The van der Waals surface area contributed by atoms with Gasteiger partial charge in [0.1, 0.15) is 0 Å². The fourth-order valence-electron chi connectivity index (χ4n) is 2.37. The van der Waals surface area contributed by atoms with Crippen LogP contribution < -0.4 is 5.32 Å². The van der Waals surface area contributed by atoms with Crippen LogP contribution in [0.5, 0.6) is 0 Å². The number of nitrogens with zero attached hydrogens (tertiary/aromatic N) is 1. The number of amides is 1. The first-order chi connectivity index (χ1) is 7.63. The fraction of sp³-hybridized carbons (Fsp3) is 0.923. The topological polar surface area (TPSA) is 32.3 Å². The van der Waals surface area contributed by atoms with Crippen molar-refractivity contribution >= 4 is 5.91 Å². The summed E-state index contributed by atoms with van der Waals surface area (Å²) in [5.74, 6) is 0.872. The van der Waals surface area contributed by atoms with Crippen LogP contribution in [0.25, 0.3) is 0 Å². The first-order valence-corrected chi connectivity index (χ1v) is 6.64. The van der Waals surface area contributed by atoms with E-state index in [4.69, 9.17) is 0 Å². The Kier molecular flexibility index (Phi) is 5.81. The number of carbonyl (C=O) groups is 1. The Hall–Kier alpha value is -0.570. The van der Waals surface area contributed by atoms with Gasteiger partial charge < -0.3 is 5.32 Å². The van der Waals surface area contributed by atoms with E-state index in [0.717, 1.165) is 6.54 Å². The average Bonchev–Trinajstić information content (AvgIpc) is 2.76. The second kappa shape index (κ2) is 6.89. The highest BCUT2D eigenvalue weighted by Crippen LogP contribution is 2.17. The summed E-state index contributed by atoms with van der Waals surface area (Å²) in [4.78, 5) is 13.8. The molecule has 0 radical (unpaired) electrons. The molecule has 1 atom stereocenters. The largest absolute Gasteiger partial charge is 0.355 e. The number of carbonyl (C=O) groups excluding carboxylic acids is 1. The summed E-state index contributed by atoms with van der Waals surface area (Å²) in [6, 6.07) is 0.540. The van der Waals surface area contributed by atoms with Crippen LogP contribution in [-0.4, -0.2) is 36.5 Å². The highest BCUT2D eigenvalue weighted by atomic mass is 16.1. The molecular weight excluding hydrogens is 200 g/mol. The molecule has 0 aromatic heterocycles. The van der Waals surface area contributed by atoms with Gasteiger partial charge in [0.2, 0.25) is 5.91 Å². The molecule has 94 valence electrons. The van der Waals surface area contributed by atoms with Crippen molar-refractivity contribution in [1.82, 2.24) is 10.2 Å². The molecule has 1 fully saturated rings. The van der Waals surface area contributed by atoms with Crippen molar-refractivity contribution < 1.29 is 4.79 Å². The second-order valence-corrected chi connectivity index (χ2v) is 5.18. The van der Waals surface area contributed by atoms with Gasteiger partial charge in [-0.3, -0.25) is 9.69 Å². The van der Waals surface area contributed by atoms with Gasteiger partial charge in [0.15, 0.2) is 0 Å². The lowest BCUT2D eigenvalue weighted by Crippen LogP contribution is -2.43. The van der Waals surface area contributed by atoms with Gasteiger partial charge in [0, 0.05) is 19.0 Å². The molecule has 0 bridgehead atoms. The lowest BCUT2D eigenvalue weighted by Gasteiger charge is -2.29. The number of nitrogens with one attached hydrogen (secondary N) is 1. The van der Waals surface area contributed by atoms with E-state index in [2.05, 4.69) is 24.1 Å². The van der Waals surface area contributed by atoms with Crippen molar-refractivity contribution in [1.29, 1.82) is 0 Å². The number of hydrogen-bond donors (Lipinski definition) is 1. The van der Waals surface area contributed by atoms with Gasteiger partial charge >= 0.3 is 0 Å². The van der Waals surface area contributed by atoms with Crippen molar-refractivity contribution in [2.75, 3.05) is 19.6 Å². The van der Waals surface area contributed by atoms with Crippen LogP contribution in [0.4, 0.5) is 0 Å². The summed E-state index contributed by atoms with van der Waals surface area (Å²) in [5.41, 5.74) is 0. The van der Waals surface area contributed by atoms with Crippen LogP contribution in [0, 0.1) is 5.92 Å². The van der Waals surface area contributed by atoms with E-state index in [1.54, 1.807) is 0 Å². The van der Waals surface area contributed by atoms with Crippen molar-refractivity contribution in [3.8, 4) is 0 Å². The summed E-state index contributed by atoms with van der Waals surface area (Å²) in [5, 5.41) is 3.03. The minimum Gasteiger partial charge on any atom is -0.355 e. The van der Waals surface area contributed by atoms with Gasteiger partial charge in [-0.15, -0.1) is 0 Å². The summed E-state index contributed by atoms with van der Waals surface area (Å²) in [7, 11) is 0. The molecule has 1 heterocycles. The van der Waals surface area contributed by atoms with E-state index in [1.165, 1.54) is 32.4 Å². The van der Waals surface area contributed by atoms with E-state index in [0.29, 0.717) is 18.4 Å². The molecule has 0 aliphatic carbocycles. The predicted molar refractivity (Wildman–Crippen MR) is 67.4 cm³/mol. The molecule has 1 unspecified atom stereocenters. The first kappa shape index (κ1) is 13.5. The van der Waals surface area contributed by atoms with Gasteiger partial charge in [-0.2, -0.15) is 0 Å². The zero-order chi connectivity index (χ0) is 12.0. The molecule has 1 N–H and O–H groups in total. The Labute approximate surface area is 99.6 Å². The smallest absolute Gasteiger partial charge is 0.219 e. The van der Waals surface area contributed by atoms with E-state index >= 15 is 0 Å². The molecule has 1 aliphatic heterocycles. The van der Waals surface area contributed by atoms with Crippen LogP contribution >= 0.6 is 0 Å². The van der Waals surface area contributed by atoms with Gasteiger partial charge in [0.05, 0.1) is 0 Å². The first-order valence-electron chi connectivity index (χ1n) is 6.64. The van der Waals surface area contributed by atoms with Crippen molar-refractivity contribution in [2.24, 2.45) is 5.92 Å². The lowest BCUT2D eigenvalue weighted by atomic mass is 10.0. The Morgan fingerprint density at radius 1 is 1.31 bits per heavy atom. The number of likely N-dealkylation sites (tertiary alicyclic amines) is 1. The third kappa shape index (κ3) is 4.52. The van der Waals surface area contributed by atoms with Crippen molar-refractivity contribution in [3.05, 3.63) is 0 Å². The Morgan fingerprint density at radius 3 is 2.44 bits per heavy atom. The van der Waals surface area contributed by atoms with Gasteiger partial charge in [-0.1, -0.05) is 20.8 Å². The maximum Gasteiger partial charge on any atom is 0.219 e. The second-order valence-electron chi connectivity index (χ2n) is 5.18. The maximum absolute atomic E-state index is 11.3. The standard InChI is InChI=1S/C13H26N2O/c1-4-13(16)14-10-12(9-11(2)3)15-7-5-6-8-15/h11-12H,4-10H2,1-3H3,(H,14,16). The highest BCUT2D eigenvalue weighted by molar-refractivity contribution is 5.75. The van der Waals surface area contributed by atoms with Gasteiger partial charge in [-0.05, 0) is 38.3 Å². The molecule has 0 aromatic carbocycles. The number of rotatable bonds is 6. The molecule has 1 amide bonds. The molecule has 1 rings (SSSR count). The Morgan fingerprint density at radius 2 is 1.94 bits per heavy atom. The quantitative estimate of drug-likeness (QED) is 0.751. The van der Waals surface area contributed by atoms with Crippen LogP contribution in [0.2, 0.25) is 0 Å². The van der Waals surface area contributed by atoms with Crippen LogP contribution in [0.3, 0.4) is 0 Å². The minimum absolute atomic E-state index is 0.174. The number of hydrogen-bond acceptors (Lipinski definition) is 2. The van der Waals surface area contributed by atoms with Crippen LogP contribution in [-0.2, 0) is 4.79 Å². The molecule has 1 aliphatic rings. The molecule has 0 aromatic rings. The van der Waals surface area contributed by atoms with E-state index < -0.39 is 0 Å². The zero-order valence-electron chi connectivity index (χ0n) is 11.0. The summed E-state index contributed by atoms with van der Waals surface area (Å²) in [6.07, 6.45) is 4.41. The molecular formula is C13H26N2O. The van der Waals surface area contributed by atoms with Gasteiger partial charge in [0.25, 0.3) is 0 Å². The normalized spacial score (nSPS) is 19.0. The summed E-state index contributed by atoms with van der Waals surface area (Å²) in [6.45, 7) is 9.65. The molecule has 3 nitrogen and oxygen atoms in total. The summed E-state index contributed by atoms with van der Waals surface area (Å²) >= 11 is 0. The average molecular weight is 226 g/mol. The third-order valence-corrected chi connectivity index (χ3v) is 3.26. The SMILES string of the molecule is CCC(=O)NCC(CC(C)C)N1CCCC1. The van der Waals surface area contributed by atoms with Crippen LogP contribution in [0.1, 0.15) is 46.5 Å². The summed E-state index contributed by atoms with van der Waals surface area (Å²) < 4.78 is 0. The Balaban J connectivity index is 2.39. The van der Waals surface area contributed by atoms with E-state index in [-0.39, 0.29) is 5.91 Å². The van der Waals surface area contributed by atoms with Crippen LogP contribution in [0.15, 0.2) is 0 Å². The maximum atomic E-state index is 11.3. The molecule has 0 spiro atoms. The lowest BCUT2D eigenvalue weighted by molar-refractivity contribution is -0.121. The zero-order valence-corrected chi connectivity index (χ0v) is 11.0. The Bertz CT molecular complexity index is 210. The molecule has 0 saturated carbocycles. The molecule has 16 heavy (non-hydrogen) atoms. The molecule has 1 saturated heterocycles. The van der Waals surface area contributed by atoms with Crippen molar-refractivity contribution in [2.45, 2.75) is 52.5 Å². The third-order valence-electron chi connectivity index (χ3n) is 3.26. The van der Waals surface area contributed by atoms with Gasteiger partial charge in [-0.25, -0.2) is 0 Å². The monoisotopic (exact) mass is 226 g/mol. The van der Waals surface area contributed by atoms with Crippen molar-refractivity contribution in [3.63, 3.8) is 0 Å². The van der Waals surface area contributed by atoms with E-state index in [1.807, 2.05) is 6.92 Å². The van der Waals surface area contributed by atoms with E-state index in [9.17, 15) is 4.79 Å². The predicted octanol–water partition coefficient (Wildman–Crippen LogP) is 2.02. The fourth-order valence-corrected chi connectivity index (χ4v) is 2.37. The molecule has 3 heteroatoms. The highest BCUT2D eigenvalue weighted by Gasteiger charge is 2.22.